The lowest BCUT2D eigenvalue weighted by molar-refractivity contribution is 0.0673. The van der Waals surface area contributed by atoms with Crippen LogP contribution in [0.4, 0.5) is 4.79 Å². The molecule has 0 saturated carbocycles. The van der Waals surface area contributed by atoms with Crippen molar-refractivity contribution in [1.82, 2.24) is 4.90 Å². The summed E-state index contributed by atoms with van der Waals surface area (Å²) >= 11 is 0. The summed E-state index contributed by atoms with van der Waals surface area (Å²) in [6.45, 7) is 0.955. The second-order valence-electron chi connectivity index (χ2n) is 6.35. The van der Waals surface area contributed by atoms with E-state index in [0.717, 1.165) is 41.9 Å². The summed E-state index contributed by atoms with van der Waals surface area (Å²) in [4.78, 5) is 14.6. The van der Waals surface area contributed by atoms with E-state index in [1.807, 2.05) is 53.4 Å². The Bertz CT molecular complexity index is 732. The molecule has 0 spiro atoms. The molecule has 0 aliphatic carbocycles. The van der Waals surface area contributed by atoms with Gasteiger partial charge < -0.3 is 19.1 Å². The van der Waals surface area contributed by atoms with Gasteiger partial charge >= 0.3 is 6.09 Å². The van der Waals surface area contributed by atoms with Gasteiger partial charge in [0.2, 0.25) is 0 Å². The van der Waals surface area contributed by atoms with Gasteiger partial charge in [-0.15, -0.1) is 0 Å². The lowest BCUT2D eigenvalue weighted by Gasteiger charge is -2.35. The lowest BCUT2D eigenvalue weighted by atomic mass is 9.94. The fourth-order valence-electron chi connectivity index (χ4n) is 3.38. The molecule has 0 N–H and O–H groups in total. The third-order valence-corrected chi connectivity index (χ3v) is 4.74. The van der Waals surface area contributed by atoms with Crippen molar-refractivity contribution >= 4 is 6.09 Å². The van der Waals surface area contributed by atoms with E-state index in [2.05, 4.69) is 0 Å². The number of carbonyl (C=O) groups is 1. The van der Waals surface area contributed by atoms with Gasteiger partial charge in [-0.25, -0.2) is 4.79 Å². The summed E-state index contributed by atoms with van der Waals surface area (Å²) in [5.74, 6) is 1.52. The average molecular weight is 355 g/mol. The van der Waals surface area contributed by atoms with Gasteiger partial charge in [0.05, 0.1) is 20.3 Å². The van der Waals surface area contributed by atoms with E-state index in [9.17, 15) is 4.79 Å². The molecule has 1 saturated heterocycles. The van der Waals surface area contributed by atoms with Crippen molar-refractivity contribution in [1.29, 1.82) is 0 Å². The number of ether oxygens (including phenoxy) is 3. The van der Waals surface area contributed by atoms with Crippen LogP contribution in [0.5, 0.6) is 11.5 Å². The van der Waals surface area contributed by atoms with E-state index in [0.29, 0.717) is 6.54 Å². The number of rotatable bonds is 5. The van der Waals surface area contributed by atoms with Gasteiger partial charge in [0.1, 0.15) is 18.1 Å². The molecule has 26 heavy (non-hydrogen) atoms. The SMILES string of the molecule is COc1ccc(OC)c(C2CCCCN2C(=O)OCc2ccccc2)c1. The van der Waals surface area contributed by atoms with Crippen LogP contribution < -0.4 is 9.47 Å². The van der Waals surface area contributed by atoms with Crippen molar-refractivity contribution in [2.75, 3.05) is 20.8 Å². The minimum Gasteiger partial charge on any atom is -0.497 e. The third-order valence-electron chi connectivity index (χ3n) is 4.74. The first-order valence-corrected chi connectivity index (χ1v) is 8.92. The normalized spacial score (nSPS) is 16.8. The van der Waals surface area contributed by atoms with E-state index >= 15 is 0 Å². The first-order valence-electron chi connectivity index (χ1n) is 8.92. The summed E-state index contributed by atoms with van der Waals surface area (Å²) in [7, 11) is 3.28. The molecular formula is C21H25NO4. The standard InChI is InChI=1S/C21H25NO4/c1-24-17-11-12-20(25-2)18(14-17)19-10-6-7-13-22(19)21(23)26-15-16-8-4-3-5-9-16/h3-5,8-9,11-12,14,19H,6-7,10,13,15H2,1-2H3. The van der Waals surface area contributed by atoms with Crippen LogP contribution in [0.25, 0.3) is 0 Å². The Morgan fingerprint density at radius 1 is 1.08 bits per heavy atom. The maximum atomic E-state index is 12.7. The molecule has 2 aromatic carbocycles. The second-order valence-corrected chi connectivity index (χ2v) is 6.35. The maximum Gasteiger partial charge on any atom is 0.410 e. The van der Waals surface area contributed by atoms with Crippen LogP contribution in [0, 0.1) is 0 Å². The van der Waals surface area contributed by atoms with Crippen LogP contribution in [0.15, 0.2) is 48.5 Å². The minimum atomic E-state index is -0.288. The Hall–Kier alpha value is -2.69. The van der Waals surface area contributed by atoms with Crippen LogP contribution in [0.3, 0.4) is 0 Å². The Labute approximate surface area is 154 Å². The number of nitrogens with zero attached hydrogens (tertiary/aromatic N) is 1. The fraction of sp³-hybridized carbons (Fsp3) is 0.381. The van der Waals surface area contributed by atoms with Gasteiger partial charge in [0.25, 0.3) is 0 Å². The molecule has 1 aliphatic rings. The summed E-state index contributed by atoms with van der Waals surface area (Å²) in [5.41, 5.74) is 1.94. The second kappa shape index (κ2) is 8.61. The van der Waals surface area contributed by atoms with E-state index in [-0.39, 0.29) is 18.7 Å². The van der Waals surface area contributed by atoms with Gasteiger partial charge in [-0.2, -0.15) is 0 Å². The first kappa shape index (κ1) is 18.1. The molecule has 1 atom stereocenters. The average Bonchev–Trinajstić information content (AvgIpc) is 2.72. The molecule has 1 amide bonds. The fourth-order valence-corrected chi connectivity index (χ4v) is 3.38. The Morgan fingerprint density at radius 3 is 2.62 bits per heavy atom. The Balaban J connectivity index is 1.78. The molecule has 1 unspecified atom stereocenters. The molecule has 1 heterocycles. The van der Waals surface area contributed by atoms with E-state index in [4.69, 9.17) is 14.2 Å². The summed E-state index contributed by atoms with van der Waals surface area (Å²) in [6.07, 6.45) is 2.63. The smallest absolute Gasteiger partial charge is 0.410 e. The highest BCUT2D eigenvalue weighted by Crippen LogP contribution is 2.38. The van der Waals surface area contributed by atoms with Gasteiger partial charge in [-0.05, 0) is 43.0 Å². The number of carbonyl (C=O) groups excluding carboxylic acids is 1. The monoisotopic (exact) mass is 355 g/mol. The predicted molar refractivity (Wildman–Crippen MR) is 99.5 cm³/mol. The summed E-state index contributed by atoms with van der Waals surface area (Å²) < 4.78 is 16.4. The maximum absolute atomic E-state index is 12.7. The van der Waals surface area contributed by atoms with Crippen molar-refractivity contribution in [3.8, 4) is 11.5 Å². The zero-order valence-electron chi connectivity index (χ0n) is 15.3. The zero-order chi connectivity index (χ0) is 18.4. The number of likely N-dealkylation sites (tertiary alicyclic amines) is 1. The minimum absolute atomic E-state index is 0.0722. The highest BCUT2D eigenvalue weighted by molar-refractivity contribution is 5.69. The lowest BCUT2D eigenvalue weighted by Crippen LogP contribution is -2.39. The van der Waals surface area contributed by atoms with Gasteiger partial charge in [-0.1, -0.05) is 30.3 Å². The zero-order valence-corrected chi connectivity index (χ0v) is 15.3. The molecule has 138 valence electrons. The molecule has 0 aromatic heterocycles. The van der Waals surface area contributed by atoms with Gasteiger partial charge in [0, 0.05) is 12.1 Å². The van der Waals surface area contributed by atoms with Crippen molar-refractivity contribution in [3.63, 3.8) is 0 Å². The molecule has 3 rings (SSSR count). The first-order chi connectivity index (χ1) is 12.7. The van der Waals surface area contributed by atoms with Gasteiger partial charge in [-0.3, -0.25) is 0 Å². The number of amides is 1. The number of hydrogen-bond acceptors (Lipinski definition) is 4. The highest BCUT2D eigenvalue weighted by atomic mass is 16.6. The molecule has 2 aromatic rings. The topological polar surface area (TPSA) is 48.0 Å². The van der Waals surface area contributed by atoms with Crippen molar-refractivity contribution < 1.29 is 19.0 Å². The highest BCUT2D eigenvalue weighted by Gasteiger charge is 2.31. The molecular weight excluding hydrogens is 330 g/mol. The molecule has 5 nitrogen and oxygen atoms in total. The Morgan fingerprint density at radius 2 is 1.88 bits per heavy atom. The van der Waals surface area contributed by atoms with Gasteiger partial charge in [0.15, 0.2) is 0 Å². The Kier molecular flexibility index (Phi) is 6.00. The van der Waals surface area contributed by atoms with Crippen LogP contribution >= 0.6 is 0 Å². The molecule has 1 fully saturated rings. The quantitative estimate of drug-likeness (QED) is 0.788. The largest absolute Gasteiger partial charge is 0.497 e. The molecule has 1 aliphatic heterocycles. The number of methoxy groups -OCH3 is 2. The van der Waals surface area contributed by atoms with Crippen molar-refractivity contribution in [3.05, 3.63) is 59.7 Å². The van der Waals surface area contributed by atoms with Crippen LogP contribution in [-0.4, -0.2) is 31.8 Å². The van der Waals surface area contributed by atoms with Crippen molar-refractivity contribution in [2.24, 2.45) is 0 Å². The summed E-state index contributed by atoms with van der Waals surface area (Å²) in [6, 6.07) is 15.4. The summed E-state index contributed by atoms with van der Waals surface area (Å²) in [5, 5.41) is 0. The number of piperidine rings is 1. The number of hydrogen-bond donors (Lipinski definition) is 0. The van der Waals surface area contributed by atoms with E-state index in [1.165, 1.54) is 0 Å². The third kappa shape index (κ3) is 4.10. The predicted octanol–water partition coefficient (Wildman–Crippen LogP) is 4.57. The van der Waals surface area contributed by atoms with Crippen LogP contribution in [0.2, 0.25) is 0 Å². The van der Waals surface area contributed by atoms with Crippen LogP contribution in [0.1, 0.15) is 36.4 Å². The molecule has 0 radical (unpaired) electrons. The molecule has 5 heteroatoms. The van der Waals surface area contributed by atoms with Crippen LogP contribution in [-0.2, 0) is 11.3 Å². The van der Waals surface area contributed by atoms with E-state index in [1.54, 1.807) is 14.2 Å². The number of benzene rings is 2. The van der Waals surface area contributed by atoms with E-state index < -0.39 is 0 Å². The molecule has 0 bridgehead atoms. The van der Waals surface area contributed by atoms with Crippen molar-refractivity contribution in [2.45, 2.75) is 31.9 Å².